The summed E-state index contributed by atoms with van der Waals surface area (Å²) in [5, 5.41) is 9.78. The average molecular weight is 410 g/mol. The largest absolute Gasteiger partial charge is 0.321 e. The Hall–Kier alpha value is -3.72. The third kappa shape index (κ3) is 3.94. The number of benzene rings is 3. The lowest BCUT2D eigenvalue weighted by Crippen LogP contribution is -2.14. The van der Waals surface area contributed by atoms with Gasteiger partial charge in [-0.05, 0) is 48.5 Å². The molecule has 9 heteroatoms. The van der Waals surface area contributed by atoms with E-state index in [4.69, 9.17) is 0 Å². The molecule has 7 nitrogen and oxygen atoms in total. The van der Waals surface area contributed by atoms with E-state index in [1.807, 2.05) is 6.07 Å². The second-order valence-corrected chi connectivity index (χ2v) is 7.90. The van der Waals surface area contributed by atoms with Gasteiger partial charge >= 0.3 is 0 Å². The maximum absolute atomic E-state index is 13.3. The first-order valence-electron chi connectivity index (χ1n) is 8.55. The minimum Gasteiger partial charge on any atom is -0.321 e. The van der Waals surface area contributed by atoms with Gasteiger partial charge in [0.25, 0.3) is 15.9 Å². The molecule has 3 aromatic carbocycles. The minimum absolute atomic E-state index is 0.0617. The number of anilines is 2. The number of hydrogen-bond donors (Lipinski definition) is 3. The lowest BCUT2D eigenvalue weighted by atomic mass is 10.2. The fourth-order valence-corrected chi connectivity index (χ4v) is 3.89. The molecule has 0 fully saturated rings. The van der Waals surface area contributed by atoms with Gasteiger partial charge in [-0.3, -0.25) is 14.6 Å². The number of halogens is 1. The van der Waals surface area contributed by atoms with Gasteiger partial charge in [0.05, 0.1) is 16.1 Å². The first kappa shape index (κ1) is 18.6. The van der Waals surface area contributed by atoms with Crippen molar-refractivity contribution in [1.29, 1.82) is 0 Å². The van der Waals surface area contributed by atoms with Crippen LogP contribution in [0.4, 0.5) is 15.8 Å². The standard InChI is InChI=1S/C20H15FN4O3S/c21-13-5-4-8-15(11-13)25-29(27,28)16-9-10-18-17(12-16)19(24-23-18)20(26)22-14-6-2-1-3-7-14/h1-12,25H,(H,22,26)(H,23,24). The third-order valence-electron chi connectivity index (χ3n) is 4.17. The van der Waals surface area contributed by atoms with Crippen molar-refractivity contribution >= 4 is 38.2 Å². The number of amides is 1. The molecule has 4 rings (SSSR count). The molecule has 1 heterocycles. The van der Waals surface area contributed by atoms with Crippen molar-refractivity contribution in [1.82, 2.24) is 10.2 Å². The molecule has 0 saturated carbocycles. The summed E-state index contributed by atoms with van der Waals surface area (Å²) in [6, 6.07) is 18.2. The van der Waals surface area contributed by atoms with Crippen LogP contribution in [0, 0.1) is 5.82 Å². The first-order chi connectivity index (χ1) is 13.9. The van der Waals surface area contributed by atoms with Crippen LogP contribution < -0.4 is 10.0 Å². The highest BCUT2D eigenvalue weighted by molar-refractivity contribution is 7.92. The highest BCUT2D eigenvalue weighted by Crippen LogP contribution is 2.23. The van der Waals surface area contributed by atoms with Gasteiger partial charge in [0, 0.05) is 11.1 Å². The number of hydrogen-bond acceptors (Lipinski definition) is 4. The normalized spacial score (nSPS) is 11.3. The lowest BCUT2D eigenvalue weighted by molar-refractivity contribution is 0.102. The number of aromatic nitrogens is 2. The Balaban J connectivity index is 1.66. The van der Waals surface area contributed by atoms with Crippen LogP contribution in [0.5, 0.6) is 0 Å². The molecule has 0 saturated heterocycles. The van der Waals surface area contributed by atoms with Gasteiger partial charge in [0.2, 0.25) is 0 Å². The number of carbonyl (C=O) groups excluding carboxylic acids is 1. The van der Waals surface area contributed by atoms with E-state index in [2.05, 4.69) is 20.2 Å². The predicted molar refractivity (Wildman–Crippen MR) is 108 cm³/mol. The molecular weight excluding hydrogens is 395 g/mol. The van der Waals surface area contributed by atoms with Crippen LogP contribution in [-0.2, 0) is 10.0 Å². The van der Waals surface area contributed by atoms with Crippen molar-refractivity contribution < 1.29 is 17.6 Å². The van der Waals surface area contributed by atoms with E-state index in [9.17, 15) is 17.6 Å². The molecule has 0 radical (unpaired) electrons. The van der Waals surface area contributed by atoms with Crippen molar-refractivity contribution in [2.24, 2.45) is 0 Å². The number of nitrogens with zero attached hydrogens (tertiary/aromatic N) is 1. The predicted octanol–water partition coefficient (Wildman–Crippen LogP) is 3.76. The quantitative estimate of drug-likeness (QED) is 0.466. The van der Waals surface area contributed by atoms with E-state index in [1.54, 1.807) is 24.3 Å². The van der Waals surface area contributed by atoms with Crippen molar-refractivity contribution in [3.63, 3.8) is 0 Å². The van der Waals surface area contributed by atoms with Gasteiger partial charge in [-0.2, -0.15) is 5.10 Å². The van der Waals surface area contributed by atoms with Crippen LogP contribution in [0.25, 0.3) is 10.9 Å². The molecule has 29 heavy (non-hydrogen) atoms. The van der Waals surface area contributed by atoms with Gasteiger partial charge < -0.3 is 5.32 Å². The fourth-order valence-electron chi connectivity index (χ4n) is 2.81. The Kier molecular flexibility index (Phi) is 4.73. The van der Waals surface area contributed by atoms with Crippen LogP contribution >= 0.6 is 0 Å². The number of aromatic amines is 1. The second-order valence-electron chi connectivity index (χ2n) is 6.22. The molecule has 4 aromatic rings. The Morgan fingerprint density at radius 3 is 2.45 bits per heavy atom. The van der Waals surface area contributed by atoms with Crippen molar-refractivity contribution in [3.05, 3.63) is 84.3 Å². The molecule has 0 aliphatic rings. The van der Waals surface area contributed by atoms with Gasteiger partial charge in [-0.25, -0.2) is 12.8 Å². The summed E-state index contributed by atoms with van der Waals surface area (Å²) in [7, 11) is -3.99. The van der Waals surface area contributed by atoms with Gasteiger partial charge in [-0.15, -0.1) is 0 Å². The van der Waals surface area contributed by atoms with E-state index >= 15 is 0 Å². The number of fused-ring (bicyclic) bond motifs is 1. The summed E-state index contributed by atoms with van der Waals surface area (Å²) < 4.78 is 41.0. The number of nitrogens with one attached hydrogen (secondary N) is 3. The Labute approximate surface area is 165 Å². The van der Waals surface area contributed by atoms with E-state index in [-0.39, 0.29) is 16.3 Å². The molecule has 3 N–H and O–H groups in total. The Bertz CT molecular complexity index is 1300. The summed E-state index contributed by atoms with van der Waals surface area (Å²) in [5.74, 6) is -1.04. The van der Waals surface area contributed by atoms with Crippen LogP contribution in [-0.4, -0.2) is 24.5 Å². The van der Waals surface area contributed by atoms with Crippen molar-refractivity contribution in [2.75, 3.05) is 10.0 Å². The van der Waals surface area contributed by atoms with Crippen molar-refractivity contribution in [3.8, 4) is 0 Å². The van der Waals surface area contributed by atoms with Crippen molar-refractivity contribution in [2.45, 2.75) is 4.90 Å². The SMILES string of the molecule is O=C(Nc1ccccc1)c1n[nH]c2ccc(S(=O)(=O)Nc3cccc(F)c3)cc12. The first-order valence-corrected chi connectivity index (χ1v) is 10.0. The van der Waals surface area contributed by atoms with Crippen LogP contribution in [0.3, 0.4) is 0 Å². The van der Waals surface area contributed by atoms with E-state index in [1.165, 1.54) is 36.4 Å². The Morgan fingerprint density at radius 1 is 0.931 bits per heavy atom. The van der Waals surface area contributed by atoms with E-state index < -0.39 is 21.7 Å². The van der Waals surface area contributed by atoms with E-state index in [0.717, 1.165) is 6.07 Å². The summed E-state index contributed by atoms with van der Waals surface area (Å²) in [4.78, 5) is 12.5. The number of carbonyl (C=O) groups is 1. The molecule has 0 aliphatic heterocycles. The number of H-pyrrole nitrogens is 1. The molecule has 1 amide bonds. The van der Waals surface area contributed by atoms with Crippen LogP contribution in [0.1, 0.15) is 10.5 Å². The molecule has 0 aliphatic carbocycles. The second kappa shape index (κ2) is 7.36. The molecule has 146 valence electrons. The maximum atomic E-state index is 13.3. The number of para-hydroxylation sites is 1. The monoisotopic (exact) mass is 410 g/mol. The summed E-state index contributed by atoms with van der Waals surface area (Å²) in [6.07, 6.45) is 0. The van der Waals surface area contributed by atoms with Gasteiger partial charge in [0.15, 0.2) is 5.69 Å². The molecule has 1 aromatic heterocycles. The fraction of sp³-hybridized carbons (Fsp3) is 0. The third-order valence-corrected chi connectivity index (χ3v) is 5.55. The zero-order valence-corrected chi connectivity index (χ0v) is 15.7. The number of rotatable bonds is 5. The smallest absolute Gasteiger partial charge is 0.276 e. The van der Waals surface area contributed by atoms with E-state index in [0.29, 0.717) is 16.6 Å². The summed E-state index contributed by atoms with van der Waals surface area (Å²) >= 11 is 0. The maximum Gasteiger partial charge on any atom is 0.276 e. The van der Waals surface area contributed by atoms with Crippen LogP contribution in [0.15, 0.2) is 77.7 Å². The minimum atomic E-state index is -3.99. The molecule has 0 unspecified atom stereocenters. The average Bonchev–Trinajstić information content (AvgIpc) is 3.12. The summed E-state index contributed by atoms with van der Waals surface area (Å²) in [5.41, 5.74) is 1.25. The zero-order valence-electron chi connectivity index (χ0n) is 14.9. The topological polar surface area (TPSA) is 104 Å². The highest BCUT2D eigenvalue weighted by Gasteiger charge is 2.19. The highest BCUT2D eigenvalue weighted by atomic mass is 32.2. The molecule has 0 spiro atoms. The zero-order chi connectivity index (χ0) is 20.4. The summed E-state index contributed by atoms with van der Waals surface area (Å²) in [6.45, 7) is 0. The lowest BCUT2D eigenvalue weighted by Gasteiger charge is -2.08. The van der Waals surface area contributed by atoms with Gasteiger partial charge in [0.1, 0.15) is 5.82 Å². The Morgan fingerprint density at radius 2 is 1.69 bits per heavy atom. The molecular formula is C20H15FN4O3S. The molecule has 0 bridgehead atoms. The molecule has 0 atom stereocenters. The van der Waals surface area contributed by atoms with Gasteiger partial charge in [-0.1, -0.05) is 24.3 Å². The number of sulfonamides is 1. The van der Waals surface area contributed by atoms with Crippen LogP contribution in [0.2, 0.25) is 0 Å².